The lowest BCUT2D eigenvalue weighted by atomic mass is 10.1. The molecule has 0 radical (unpaired) electrons. The minimum Gasteiger partial charge on any atom is -0.478 e. The van der Waals surface area contributed by atoms with Crippen LogP contribution in [0.15, 0.2) is 12.1 Å². The summed E-state index contributed by atoms with van der Waals surface area (Å²) in [5.74, 6) is -1.85. The van der Waals surface area contributed by atoms with Gasteiger partial charge in [-0.25, -0.2) is 4.79 Å². The third kappa shape index (κ3) is 2.53. The Hall–Kier alpha value is -1.98. The number of carbonyl (C=O) groups excluding carboxylic acids is 1. The summed E-state index contributed by atoms with van der Waals surface area (Å²) in [5.41, 5.74) is -0.193. The first kappa shape index (κ1) is 12.1. The number of aldehydes is 1. The molecular formula is C10H8F2O4. The molecule has 0 aromatic heterocycles. The van der Waals surface area contributed by atoms with Crippen LogP contribution in [0.1, 0.15) is 26.3 Å². The van der Waals surface area contributed by atoms with Crippen molar-refractivity contribution in [3.05, 3.63) is 28.8 Å². The first-order chi connectivity index (χ1) is 7.45. The van der Waals surface area contributed by atoms with Gasteiger partial charge in [0.1, 0.15) is 17.6 Å². The Bertz CT molecular complexity index is 429. The smallest absolute Gasteiger partial charge is 0.387 e. The number of benzene rings is 1. The van der Waals surface area contributed by atoms with Crippen LogP contribution >= 0.6 is 0 Å². The maximum atomic E-state index is 12.0. The van der Waals surface area contributed by atoms with Crippen molar-refractivity contribution in [2.75, 3.05) is 0 Å². The summed E-state index contributed by atoms with van der Waals surface area (Å²) in [4.78, 5) is 21.3. The molecule has 0 heterocycles. The van der Waals surface area contributed by atoms with Crippen LogP contribution < -0.4 is 4.74 Å². The van der Waals surface area contributed by atoms with Gasteiger partial charge in [-0.2, -0.15) is 8.78 Å². The van der Waals surface area contributed by atoms with E-state index in [1.807, 2.05) is 0 Å². The number of carbonyl (C=O) groups is 2. The lowest BCUT2D eigenvalue weighted by Gasteiger charge is -2.11. The van der Waals surface area contributed by atoms with Crippen molar-refractivity contribution in [1.29, 1.82) is 0 Å². The fourth-order valence-corrected chi connectivity index (χ4v) is 1.27. The Morgan fingerprint density at radius 1 is 1.50 bits per heavy atom. The Morgan fingerprint density at radius 2 is 2.12 bits per heavy atom. The zero-order valence-corrected chi connectivity index (χ0v) is 8.24. The predicted octanol–water partition coefficient (Wildman–Crippen LogP) is 2.11. The Labute approximate surface area is 89.5 Å². The van der Waals surface area contributed by atoms with Gasteiger partial charge >= 0.3 is 12.6 Å². The lowest BCUT2D eigenvalue weighted by Crippen LogP contribution is -2.09. The predicted molar refractivity (Wildman–Crippen MR) is 50.2 cm³/mol. The number of ether oxygens (including phenoxy) is 1. The van der Waals surface area contributed by atoms with Crippen LogP contribution in [0.25, 0.3) is 0 Å². The molecule has 0 atom stereocenters. The number of rotatable bonds is 4. The summed E-state index contributed by atoms with van der Waals surface area (Å²) < 4.78 is 28.2. The summed E-state index contributed by atoms with van der Waals surface area (Å²) in [6.45, 7) is -1.73. The summed E-state index contributed by atoms with van der Waals surface area (Å²) in [6.07, 6.45) is 0.436. The molecule has 16 heavy (non-hydrogen) atoms. The molecule has 0 fully saturated rings. The van der Waals surface area contributed by atoms with E-state index >= 15 is 0 Å². The normalized spacial score (nSPS) is 10.2. The van der Waals surface area contributed by atoms with E-state index in [0.29, 0.717) is 6.29 Å². The number of hydrogen-bond acceptors (Lipinski definition) is 3. The molecule has 0 unspecified atom stereocenters. The molecule has 1 rings (SSSR count). The molecule has 0 aliphatic heterocycles. The lowest BCUT2D eigenvalue weighted by molar-refractivity contribution is -0.0507. The van der Waals surface area contributed by atoms with Gasteiger partial charge in [-0.3, -0.25) is 4.79 Å². The van der Waals surface area contributed by atoms with E-state index < -0.39 is 23.9 Å². The molecule has 0 saturated carbocycles. The fraction of sp³-hybridized carbons (Fsp3) is 0.200. The number of carboxylic acid groups (broad SMARTS) is 1. The number of alkyl halides is 2. The van der Waals surface area contributed by atoms with Gasteiger partial charge < -0.3 is 9.84 Å². The molecule has 0 aliphatic carbocycles. The summed E-state index contributed by atoms with van der Waals surface area (Å²) >= 11 is 0. The minimum absolute atomic E-state index is 0.0940. The van der Waals surface area contributed by atoms with Gasteiger partial charge in [0.2, 0.25) is 0 Å². The second-order valence-corrected chi connectivity index (χ2v) is 3.02. The third-order valence-electron chi connectivity index (χ3n) is 1.87. The number of aryl methyl sites for hydroxylation is 1. The topological polar surface area (TPSA) is 63.6 Å². The van der Waals surface area contributed by atoms with Crippen molar-refractivity contribution in [2.45, 2.75) is 13.5 Å². The highest BCUT2D eigenvalue weighted by molar-refractivity contribution is 5.94. The second-order valence-electron chi connectivity index (χ2n) is 3.02. The molecule has 0 bridgehead atoms. The van der Waals surface area contributed by atoms with Crippen LogP contribution in [0.5, 0.6) is 5.75 Å². The molecule has 0 amide bonds. The number of aromatic carboxylic acids is 1. The van der Waals surface area contributed by atoms with E-state index in [2.05, 4.69) is 4.74 Å². The number of halogens is 2. The van der Waals surface area contributed by atoms with Gasteiger partial charge in [0.15, 0.2) is 0 Å². The summed E-state index contributed by atoms with van der Waals surface area (Å²) in [6, 6.07) is 2.26. The monoisotopic (exact) mass is 230 g/mol. The van der Waals surface area contributed by atoms with E-state index in [1.165, 1.54) is 13.0 Å². The molecule has 1 N–H and O–H groups in total. The third-order valence-corrected chi connectivity index (χ3v) is 1.87. The average Bonchev–Trinajstić information content (AvgIpc) is 2.19. The van der Waals surface area contributed by atoms with Gasteiger partial charge in [-0.1, -0.05) is 0 Å². The highest BCUT2D eigenvalue weighted by Crippen LogP contribution is 2.26. The zero-order valence-electron chi connectivity index (χ0n) is 8.24. The van der Waals surface area contributed by atoms with Crippen molar-refractivity contribution in [2.24, 2.45) is 0 Å². The maximum Gasteiger partial charge on any atom is 0.387 e. The van der Waals surface area contributed by atoms with Gasteiger partial charge in [0.05, 0.1) is 0 Å². The SMILES string of the molecule is Cc1cc(C=O)cc(C(=O)O)c1OC(F)F. The van der Waals surface area contributed by atoms with E-state index in [0.717, 1.165) is 6.07 Å². The molecule has 1 aromatic rings. The van der Waals surface area contributed by atoms with Crippen molar-refractivity contribution in [3.8, 4) is 5.75 Å². The number of carboxylic acids is 1. The van der Waals surface area contributed by atoms with Crippen LogP contribution in [0, 0.1) is 6.92 Å². The standard InChI is InChI=1S/C10H8F2O4/c1-5-2-6(4-13)3-7(9(14)15)8(5)16-10(11)12/h2-4,10H,1H3,(H,14,15). The zero-order chi connectivity index (χ0) is 12.3. The molecule has 0 spiro atoms. The Balaban J connectivity index is 3.33. The quantitative estimate of drug-likeness (QED) is 0.804. The van der Waals surface area contributed by atoms with Crippen molar-refractivity contribution < 1.29 is 28.2 Å². The van der Waals surface area contributed by atoms with E-state index in [9.17, 15) is 18.4 Å². The highest BCUT2D eigenvalue weighted by Gasteiger charge is 2.18. The number of hydrogen-bond donors (Lipinski definition) is 1. The van der Waals surface area contributed by atoms with E-state index in [4.69, 9.17) is 5.11 Å². The molecule has 0 saturated heterocycles. The van der Waals surface area contributed by atoms with E-state index in [-0.39, 0.29) is 11.1 Å². The average molecular weight is 230 g/mol. The molecule has 4 nitrogen and oxygen atoms in total. The van der Waals surface area contributed by atoms with Gasteiger partial charge in [0.25, 0.3) is 0 Å². The van der Waals surface area contributed by atoms with Gasteiger partial charge in [0, 0.05) is 5.56 Å². The first-order valence-corrected chi connectivity index (χ1v) is 4.23. The molecule has 1 aromatic carbocycles. The summed E-state index contributed by atoms with van der Waals surface area (Å²) in [7, 11) is 0. The van der Waals surface area contributed by atoms with Crippen molar-refractivity contribution >= 4 is 12.3 Å². The van der Waals surface area contributed by atoms with Gasteiger partial charge in [-0.05, 0) is 24.6 Å². The molecular weight excluding hydrogens is 222 g/mol. The highest BCUT2D eigenvalue weighted by atomic mass is 19.3. The fourth-order valence-electron chi connectivity index (χ4n) is 1.27. The largest absolute Gasteiger partial charge is 0.478 e. The van der Waals surface area contributed by atoms with Crippen molar-refractivity contribution in [3.63, 3.8) is 0 Å². The van der Waals surface area contributed by atoms with Crippen LogP contribution in [0.2, 0.25) is 0 Å². The van der Waals surface area contributed by atoms with Crippen LogP contribution in [0.4, 0.5) is 8.78 Å². The molecule has 86 valence electrons. The van der Waals surface area contributed by atoms with Crippen LogP contribution in [0.3, 0.4) is 0 Å². The Kier molecular flexibility index (Phi) is 3.55. The van der Waals surface area contributed by atoms with Crippen LogP contribution in [-0.4, -0.2) is 24.0 Å². The van der Waals surface area contributed by atoms with Gasteiger partial charge in [-0.15, -0.1) is 0 Å². The molecule has 6 heteroatoms. The van der Waals surface area contributed by atoms with E-state index in [1.54, 1.807) is 0 Å². The minimum atomic E-state index is -3.11. The first-order valence-electron chi connectivity index (χ1n) is 4.23. The Morgan fingerprint density at radius 3 is 2.56 bits per heavy atom. The maximum absolute atomic E-state index is 12.0. The second kappa shape index (κ2) is 4.69. The van der Waals surface area contributed by atoms with Crippen LogP contribution in [-0.2, 0) is 0 Å². The molecule has 0 aliphatic rings. The summed E-state index contributed by atoms with van der Waals surface area (Å²) in [5, 5.41) is 8.78. The van der Waals surface area contributed by atoms with Crippen molar-refractivity contribution in [1.82, 2.24) is 0 Å².